The standard InChI is InChI=1S/C10H15N3/c1-3-9-8-5-4-6-11-10(8)13-7(2)12-9/h3-6H2,1-2H3,(H,11,12,13). The van der Waals surface area contributed by atoms with Gasteiger partial charge in [-0.15, -0.1) is 0 Å². The predicted octanol–water partition coefficient (Wildman–Crippen LogP) is 1.71. The van der Waals surface area contributed by atoms with E-state index in [4.69, 9.17) is 0 Å². The second-order valence-corrected chi connectivity index (χ2v) is 3.43. The van der Waals surface area contributed by atoms with E-state index in [2.05, 4.69) is 22.2 Å². The molecule has 0 spiro atoms. The summed E-state index contributed by atoms with van der Waals surface area (Å²) in [5, 5.41) is 3.33. The number of anilines is 1. The van der Waals surface area contributed by atoms with Crippen LogP contribution in [0.3, 0.4) is 0 Å². The van der Waals surface area contributed by atoms with E-state index in [1.54, 1.807) is 0 Å². The van der Waals surface area contributed by atoms with Gasteiger partial charge >= 0.3 is 0 Å². The van der Waals surface area contributed by atoms with Crippen molar-refractivity contribution >= 4 is 5.82 Å². The molecule has 3 nitrogen and oxygen atoms in total. The number of rotatable bonds is 1. The normalized spacial score (nSPS) is 14.9. The lowest BCUT2D eigenvalue weighted by molar-refractivity contribution is 0.777. The summed E-state index contributed by atoms with van der Waals surface area (Å²) < 4.78 is 0. The van der Waals surface area contributed by atoms with Gasteiger partial charge < -0.3 is 5.32 Å². The van der Waals surface area contributed by atoms with E-state index >= 15 is 0 Å². The lowest BCUT2D eigenvalue weighted by Gasteiger charge is -2.19. The van der Waals surface area contributed by atoms with Gasteiger partial charge in [-0.25, -0.2) is 9.97 Å². The van der Waals surface area contributed by atoms with Crippen LogP contribution in [0.15, 0.2) is 0 Å². The number of aromatic nitrogens is 2. The maximum absolute atomic E-state index is 4.45. The lowest BCUT2D eigenvalue weighted by atomic mass is 10.0. The number of nitrogens with zero attached hydrogens (tertiary/aromatic N) is 2. The minimum Gasteiger partial charge on any atom is -0.370 e. The maximum Gasteiger partial charge on any atom is 0.133 e. The maximum atomic E-state index is 4.45. The first-order valence-electron chi connectivity index (χ1n) is 4.91. The number of hydrogen-bond acceptors (Lipinski definition) is 3. The zero-order valence-electron chi connectivity index (χ0n) is 8.22. The third-order valence-electron chi connectivity index (χ3n) is 2.44. The smallest absolute Gasteiger partial charge is 0.133 e. The van der Waals surface area contributed by atoms with Crippen LogP contribution in [0, 0.1) is 6.92 Å². The van der Waals surface area contributed by atoms with Gasteiger partial charge in [0.15, 0.2) is 0 Å². The summed E-state index contributed by atoms with van der Waals surface area (Å²) >= 11 is 0. The Bertz CT molecular complexity index is 303. The van der Waals surface area contributed by atoms with Crippen LogP contribution in [-0.2, 0) is 12.8 Å². The molecule has 2 rings (SSSR count). The molecule has 1 aromatic rings. The summed E-state index contributed by atoms with van der Waals surface area (Å²) in [6.45, 7) is 5.15. The Hall–Kier alpha value is -1.12. The lowest BCUT2D eigenvalue weighted by Crippen LogP contribution is -2.17. The summed E-state index contributed by atoms with van der Waals surface area (Å²) in [6, 6.07) is 0. The molecule has 2 heterocycles. The van der Waals surface area contributed by atoms with Crippen molar-refractivity contribution < 1.29 is 0 Å². The van der Waals surface area contributed by atoms with Crippen LogP contribution in [0.25, 0.3) is 0 Å². The van der Waals surface area contributed by atoms with Gasteiger partial charge in [-0.2, -0.15) is 0 Å². The fourth-order valence-corrected chi connectivity index (χ4v) is 1.83. The van der Waals surface area contributed by atoms with E-state index in [-0.39, 0.29) is 0 Å². The third-order valence-corrected chi connectivity index (χ3v) is 2.44. The summed E-state index contributed by atoms with van der Waals surface area (Å²) in [5.41, 5.74) is 2.55. The summed E-state index contributed by atoms with van der Waals surface area (Å²) in [7, 11) is 0. The van der Waals surface area contributed by atoms with Crippen molar-refractivity contribution in [1.29, 1.82) is 0 Å². The van der Waals surface area contributed by atoms with Crippen LogP contribution in [-0.4, -0.2) is 16.5 Å². The largest absolute Gasteiger partial charge is 0.370 e. The van der Waals surface area contributed by atoms with E-state index in [9.17, 15) is 0 Å². The van der Waals surface area contributed by atoms with Gasteiger partial charge in [0.25, 0.3) is 0 Å². The van der Waals surface area contributed by atoms with Gasteiger partial charge in [-0.05, 0) is 26.2 Å². The zero-order valence-corrected chi connectivity index (χ0v) is 8.22. The highest BCUT2D eigenvalue weighted by molar-refractivity contribution is 5.48. The van der Waals surface area contributed by atoms with Crippen LogP contribution in [0.5, 0.6) is 0 Å². The topological polar surface area (TPSA) is 37.8 Å². The Labute approximate surface area is 78.6 Å². The summed E-state index contributed by atoms with van der Waals surface area (Å²) in [6.07, 6.45) is 3.34. The highest BCUT2D eigenvalue weighted by Gasteiger charge is 2.14. The predicted molar refractivity (Wildman–Crippen MR) is 53.0 cm³/mol. The van der Waals surface area contributed by atoms with E-state index in [1.165, 1.54) is 17.7 Å². The molecule has 70 valence electrons. The average Bonchev–Trinajstić information content (AvgIpc) is 2.16. The number of hydrogen-bond donors (Lipinski definition) is 1. The van der Waals surface area contributed by atoms with Crippen LogP contribution in [0.2, 0.25) is 0 Å². The van der Waals surface area contributed by atoms with Gasteiger partial charge in [0.2, 0.25) is 0 Å². The van der Waals surface area contributed by atoms with Crippen LogP contribution in [0.1, 0.15) is 30.4 Å². The molecule has 0 unspecified atom stereocenters. The fraction of sp³-hybridized carbons (Fsp3) is 0.600. The Kier molecular flexibility index (Phi) is 2.17. The van der Waals surface area contributed by atoms with Gasteiger partial charge in [-0.3, -0.25) is 0 Å². The summed E-state index contributed by atoms with van der Waals surface area (Å²) in [5.74, 6) is 1.95. The molecular weight excluding hydrogens is 162 g/mol. The van der Waals surface area contributed by atoms with E-state index in [0.29, 0.717) is 0 Å². The van der Waals surface area contributed by atoms with E-state index in [0.717, 1.165) is 31.0 Å². The Morgan fingerprint density at radius 3 is 3.00 bits per heavy atom. The van der Waals surface area contributed by atoms with Crippen molar-refractivity contribution in [3.63, 3.8) is 0 Å². The molecule has 3 heteroatoms. The van der Waals surface area contributed by atoms with Crippen molar-refractivity contribution in [2.75, 3.05) is 11.9 Å². The molecule has 0 saturated carbocycles. The first kappa shape index (κ1) is 8.48. The second kappa shape index (κ2) is 3.32. The molecule has 1 aliphatic rings. The van der Waals surface area contributed by atoms with Crippen LogP contribution >= 0.6 is 0 Å². The number of fused-ring (bicyclic) bond motifs is 1. The number of aryl methyl sites for hydroxylation is 2. The molecule has 0 aromatic carbocycles. The van der Waals surface area contributed by atoms with Gasteiger partial charge in [0.05, 0.1) is 0 Å². The molecular formula is C10H15N3. The second-order valence-electron chi connectivity index (χ2n) is 3.43. The fourth-order valence-electron chi connectivity index (χ4n) is 1.83. The molecule has 0 bridgehead atoms. The molecule has 0 fully saturated rings. The Balaban J connectivity index is 2.50. The SMILES string of the molecule is CCc1nc(C)nc2c1CCCN2. The summed E-state index contributed by atoms with van der Waals surface area (Å²) in [4.78, 5) is 8.85. The molecule has 0 amide bonds. The molecule has 1 aromatic heterocycles. The van der Waals surface area contributed by atoms with Crippen molar-refractivity contribution in [1.82, 2.24) is 9.97 Å². The molecule has 0 aliphatic carbocycles. The van der Waals surface area contributed by atoms with Crippen molar-refractivity contribution in [3.8, 4) is 0 Å². The quantitative estimate of drug-likeness (QED) is 0.709. The van der Waals surface area contributed by atoms with Crippen LogP contribution < -0.4 is 5.32 Å². The molecule has 1 aliphatic heterocycles. The molecule has 0 saturated heterocycles. The molecule has 0 atom stereocenters. The first-order chi connectivity index (χ1) is 6.31. The van der Waals surface area contributed by atoms with E-state index in [1.807, 2.05) is 6.92 Å². The minimum atomic E-state index is 0.880. The monoisotopic (exact) mass is 177 g/mol. The highest BCUT2D eigenvalue weighted by atomic mass is 15.0. The van der Waals surface area contributed by atoms with E-state index < -0.39 is 0 Å². The van der Waals surface area contributed by atoms with Crippen molar-refractivity contribution in [2.24, 2.45) is 0 Å². The van der Waals surface area contributed by atoms with Crippen molar-refractivity contribution in [2.45, 2.75) is 33.1 Å². The molecule has 13 heavy (non-hydrogen) atoms. The Morgan fingerprint density at radius 1 is 1.38 bits per heavy atom. The molecule has 0 radical (unpaired) electrons. The highest BCUT2D eigenvalue weighted by Crippen LogP contribution is 2.22. The third kappa shape index (κ3) is 1.50. The van der Waals surface area contributed by atoms with Gasteiger partial charge in [0, 0.05) is 17.8 Å². The number of nitrogens with one attached hydrogen (secondary N) is 1. The molecule has 1 N–H and O–H groups in total. The zero-order chi connectivity index (χ0) is 9.26. The van der Waals surface area contributed by atoms with Crippen LogP contribution in [0.4, 0.5) is 5.82 Å². The van der Waals surface area contributed by atoms with Gasteiger partial charge in [-0.1, -0.05) is 6.92 Å². The first-order valence-corrected chi connectivity index (χ1v) is 4.91. The Morgan fingerprint density at radius 2 is 2.23 bits per heavy atom. The van der Waals surface area contributed by atoms with Gasteiger partial charge in [0.1, 0.15) is 11.6 Å². The average molecular weight is 177 g/mol. The van der Waals surface area contributed by atoms with Crippen molar-refractivity contribution in [3.05, 3.63) is 17.1 Å². The minimum absolute atomic E-state index is 0.880.